The van der Waals surface area contributed by atoms with E-state index in [-0.39, 0.29) is 11.8 Å². The van der Waals surface area contributed by atoms with Gasteiger partial charge in [-0.25, -0.2) is 0 Å². The molecule has 4 rings (SSSR count). The van der Waals surface area contributed by atoms with Gasteiger partial charge in [-0.1, -0.05) is 41.9 Å². The Labute approximate surface area is 182 Å². The van der Waals surface area contributed by atoms with E-state index in [9.17, 15) is 9.59 Å². The van der Waals surface area contributed by atoms with E-state index in [4.69, 9.17) is 11.6 Å². The molecule has 0 radical (unpaired) electrons. The minimum atomic E-state index is -0.156. The standard InChI is InChI=1S/C22H19ClN2O2S2/c23-20-10-9-16(29-20)13-24-22(27)17-6-2-4-8-19(17)28-14-21(26)25-12-11-15-5-1-3-7-18(15)25/h1-10H,11-14H2,(H,24,27). The molecule has 2 aromatic carbocycles. The number of anilines is 1. The topological polar surface area (TPSA) is 49.4 Å². The Balaban J connectivity index is 1.39. The minimum Gasteiger partial charge on any atom is -0.347 e. The van der Waals surface area contributed by atoms with Gasteiger partial charge in [-0.2, -0.15) is 0 Å². The Kier molecular flexibility index (Phi) is 6.23. The average Bonchev–Trinajstić information content (AvgIpc) is 3.36. The van der Waals surface area contributed by atoms with Crippen molar-refractivity contribution in [3.8, 4) is 0 Å². The third kappa shape index (κ3) is 4.66. The highest BCUT2D eigenvalue weighted by Gasteiger charge is 2.24. The Morgan fingerprint density at radius 3 is 2.69 bits per heavy atom. The van der Waals surface area contributed by atoms with Gasteiger partial charge in [0.1, 0.15) is 0 Å². The van der Waals surface area contributed by atoms with Crippen LogP contribution in [-0.4, -0.2) is 24.1 Å². The molecular weight excluding hydrogens is 424 g/mol. The first-order valence-corrected chi connectivity index (χ1v) is 11.4. The van der Waals surface area contributed by atoms with Gasteiger partial charge >= 0.3 is 0 Å². The number of para-hydroxylation sites is 1. The zero-order valence-corrected chi connectivity index (χ0v) is 17.9. The Bertz CT molecular complexity index is 1050. The van der Waals surface area contributed by atoms with E-state index in [1.165, 1.54) is 28.7 Å². The van der Waals surface area contributed by atoms with Gasteiger partial charge < -0.3 is 10.2 Å². The molecule has 1 N–H and O–H groups in total. The van der Waals surface area contributed by atoms with E-state index in [1.807, 2.05) is 53.4 Å². The summed E-state index contributed by atoms with van der Waals surface area (Å²) in [5.74, 6) is 0.194. The van der Waals surface area contributed by atoms with Crippen LogP contribution in [0.2, 0.25) is 4.34 Å². The van der Waals surface area contributed by atoms with E-state index in [2.05, 4.69) is 11.4 Å². The largest absolute Gasteiger partial charge is 0.347 e. The van der Waals surface area contributed by atoms with Crippen molar-refractivity contribution in [2.24, 2.45) is 0 Å². The molecular formula is C22H19ClN2O2S2. The molecule has 1 aliphatic rings. The van der Waals surface area contributed by atoms with Gasteiger partial charge in [0.25, 0.3) is 5.91 Å². The normalized spacial score (nSPS) is 12.7. The van der Waals surface area contributed by atoms with Crippen molar-refractivity contribution in [2.45, 2.75) is 17.9 Å². The zero-order chi connectivity index (χ0) is 20.2. The van der Waals surface area contributed by atoms with Gasteiger partial charge in [0.15, 0.2) is 0 Å². The van der Waals surface area contributed by atoms with Crippen LogP contribution in [0.5, 0.6) is 0 Å². The SMILES string of the molecule is O=C(NCc1ccc(Cl)s1)c1ccccc1SCC(=O)N1CCc2ccccc21. The molecule has 1 aromatic heterocycles. The number of amides is 2. The molecule has 3 aromatic rings. The highest BCUT2D eigenvalue weighted by molar-refractivity contribution is 8.00. The third-order valence-corrected chi connectivity index (χ3v) is 7.01. The van der Waals surface area contributed by atoms with Crippen molar-refractivity contribution in [3.05, 3.63) is 81.0 Å². The van der Waals surface area contributed by atoms with Crippen LogP contribution in [-0.2, 0) is 17.8 Å². The van der Waals surface area contributed by atoms with Crippen LogP contribution in [0, 0.1) is 0 Å². The lowest BCUT2D eigenvalue weighted by Gasteiger charge is -2.17. The molecule has 0 fully saturated rings. The summed E-state index contributed by atoms with van der Waals surface area (Å²) in [6.45, 7) is 1.14. The van der Waals surface area contributed by atoms with Gasteiger partial charge in [0.05, 0.1) is 22.2 Å². The third-order valence-electron chi connectivity index (χ3n) is 4.72. The summed E-state index contributed by atoms with van der Waals surface area (Å²) in [5.41, 5.74) is 2.79. The van der Waals surface area contributed by atoms with Gasteiger partial charge in [-0.15, -0.1) is 23.1 Å². The smallest absolute Gasteiger partial charge is 0.252 e. The Hall–Kier alpha value is -2.28. The fourth-order valence-electron chi connectivity index (χ4n) is 3.30. The zero-order valence-electron chi connectivity index (χ0n) is 15.6. The maximum Gasteiger partial charge on any atom is 0.252 e. The second kappa shape index (κ2) is 9.03. The molecule has 1 aliphatic heterocycles. The molecule has 29 heavy (non-hydrogen) atoms. The van der Waals surface area contributed by atoms with Crippen LogP contribution in [0.15, 0.2) is 65.6 Å². The van der Waals surface area contributed by atoms with Gasteiger partial charge in [0.2, 0.25) is 5.91 Å². The van der Waals surface area contributed by atoms with E-state index in [1.54, 1.807) is 6.07 Å². The number of carbonyl (C=O) groups is 2. The molecule has 148 valence electrons. The first-order valence-electron chi connectivity index (χ1n) is 9.24. The molecule has 0 atom stereocenters. The molecule has 2 amide bonds. The number of halogens is 1. The predicted molar refractivity (Wildman–Crippen MR) is 120 cm³/mol. The average molecular weight is 443 g/mol. The van der Waals surface area contributed by atoms with Crippen molar-refractivity contribution in [3.63, 3.8) is 0 Å². The number of nitrogens with zero attached hydrogens (tertiary/aromatic N) is 1. The molecule has 0 saturated heterocycles. The Morgan fingerprint density at radius 2 is 1.86 bits per heavy atom. The maximum atomic E-state index is 12.8. The summed E-state index contributed by atoms with van der Waals surface area (Å²) in [5, 5.41) is 2.93. The quantitative estimate of drug-likeness (QED) is 0.546. The van der Waals surface area contributed by atoms with Gasteiger partial charge in [-0.3, -0.25) is 9.59 Å². The molecule has 0 unspecified atom stereocenters. The molecule has 2 heterocycles. The highest BCUT2D eigenvalue weighted by atomic mass is 35.5. The lowest BCUT2D eigenvalue weighted by molar-refractivity contribution is -0.116. The number of thiophene rings is 1. The van der Waals surface area contributed by atoms with Crippen LogP contribution in [0.4, 0.5) is 5.69 Å². The van der Waals surface area contributed by atoms with Gasteiger partial charge in [0, 0.05) is 22.0 Å². The van der Waals surface area contributed by atoms with Crippen molar-refractivity contribution in [2.75, 3.05) is 17.2 Å². The van der Waals surface area contributed by atoms with E-state index < -0.39 is 0 Å². The lowest BCUT2D eigenvalue weighted by Crippen LogP contribution is -2.30. The summed E-state index contributed by atoms with van der Waals surface area (Å²) in [6, 6.07) is 19.1. The van der Waals surface area contributed by atoms with E-state index >= 15 is 0 Å². The second-order valence-electron chi connectivity index (χ2n) is 6.60. The highest BCUT2D eigenvalue weighted by Crippen LogP contribution is 2.30. The first kappa shape index (κ1) is 20.0. The van der Waals surface area contributed by atoms with E-state index in [0.29, 0.717) is 28.7 Å². The van der Waals surface area contributed by atoms with Crippen LogP contribution in [0.25, 0.3) is 0 Å². The van der Waals surface area contributed by atoms with Crippen molar-refractivity contribution >= 4 is 52.2 Å². The summed E-state index contributed by atoms with van der Waals surface area (Å²) >= 11 is 8.79. The first-order chi connectivity index (χ1) is 14.1. The molecule has 0 aliphatic carbocycles. The summed E-state index contributed by atoms with van der Waals surface area (Å²) < 4.78 is 0.701. The maximum absolute atomic E-state index is 12.8. The molecule has 7 heteroatoms. The molecule has 0 saturated carbocycles. The second-order valence-corrected chi connectivity index (χ2v) is 9.41. The number of hydrogen-bond acceptors (Lipinski definition) is 4. The molecule has 0 bridgehead atoms. The summed E-state index contributed by atoms with van der Waals surface area (Å²) in [6.07, 6.45) is 0.887. The number of fused-ring (bicyclic) bond motifs is 1. The number of thioether (sulfide) groups is 1. The summed E-state index contributed by atoms with van der Waals surface area (Å²) in [4.78, 5) is 29.1. The van der Waals surface area contributed by atoms with Crippen LogP contribution < -0.4 is 10.2 Å². The van der Waals surface area contributed by atoms with Crippen molar-refractivity contribution in [1.82, 2.24) is 5.32 Å². The van der Waals surface area contributed by atoms with E-state index in [0.717, 1.165) is 21.9 Å². The fraction of sp³-hybridized carbons (Fsp3) is 0.182. The number of hydrogen-bond donors (Lipinski definition) is 1. The van der Waals surface area contributed by atoms with Crippen LogP contribution >= 0.6 is 34.7 Å². The number of benzene rings is 2. The van der Waals surface area contributed by atoms with Crippen LogP contribution in [0.1, 0.15) is 20.8 Å². The fourth-order valence-corrected chi connectivity index (χ4v) is 5.26. The van der Waals surface area contributed by atoms with Gasteiger partial charge in [-0.05, 0) is 42.3 Å². The minimum absolute atomic E-state index is 0.0587. The van der Waals surface area contributed by atoms with Crippen molar-refractivity contribution in [1.29, 1.82) is 0 Å². The molecule has 4 nitrogen and oxygen atoms in total. The summed E-state index contributed by atoms with van der Waals surface area (Å²) in [7, 11) is 0. The number of nitrogens with one attached hydrogen (secondary N) is 1. The van der Waals surface area contributed by atoms with Crippen LogP contribution in [0.3, 0.4) is 0 Å². The monoisotopic (exact) mass is 442 g/mol. The number of carbonyl (C=O) groups excluding carboxylic acids is 2. The lowest BCUT2D eigenvalue weighted by atomic mass is 10.2. The predicted octanol–water partition coefficient (Wildman–Crippen LogP) is 5.01. The number of rotatable bonds is 6. The van der Waals surface area contributed by atoms with Crippen molar-refractivity contribution < 1.29 is 9.59 Å². The molecule has 0 spiro atoms. The Morgan fingerprint density at radius 1 is 1.07 bits per heavy atom.